The number of halogens is 1. The van der Waals surface area contributed by atoms with Crippen molar-refractivity contribution in [2.75, 3.05) is 18.4 Å². The largest absolute Gasteiger partial charge is 0.434 e. The quantitative estimate of drug-likeness (QED) is 0.389. The Bertz CT molecular complexity index is 1340. The number of aromatic amines is 1. The fourth-order valence-corrected chi connectivity index (χ4v) is 4.24. The number of fused-ring (bicyclic) bond motifs is 1. The molecule has 0 bridgehead atoms. The maximum Gasteiger partial charge on any atom is 0.242 e. The third-order valence-corrected chi connectivity index (χ3v) is 5.95. The summed E-state index contributed by atoms with van der Waals surface area (Å²) in [6.45, 7) is 3.93. The van der Waals surface area contributed by atoms with Crippen molar-refractivity contribution in [3.05, 3.63) is 71.4 Å². The molecule has 3 heterocycles. The van der Waals surface area contributed by atoms with Crippen LogP contribution in [-0.2, 0) is 0 Å². The van der Waals surface area contributed by atoms with E-state index in [9.17, 15) is 9.65 Å². The maximum atomic E-state index is 15.0. The van der Waals surface area contributed by atoms with E-state index >= 15 is 0 Å². The van der Waals surface area contributed by atoms with Gasteiger partial charge in [-0.15, -0.1) is 0 Å². The molecule has 1 fully saturated rings. The zero-order valence-electron chi connectivity index (χ0n) is 18.2. The first-order valence-corrected chi connectivity index (χ1v) is 10.9. The normalized spacial score (nSPS) is 14.2. The van der Waals surface area contributed by atoms with Crippen LogP contribution in [0.3, 0.4) is 0 Å². The summed E-state index contributed by atoms with van der Waals surface area (Å²) in [5.74, 6) is 0.337. The predicted octanol–water partition coefficient (Wildman–Crippen LogP) is 5.28. The van der Waals surface area contributed by atoms with E-state index in [1.807, 2.05) is 19.1 Å². The summed E-state index contributed by atoms with van der Waals surface area (Å²) in [4.78, 5) is 11.4. The van der Waals surface area contributed by atoms with Gasteiger partial charge >= 0.3 is 0 Å². The number of aromatic nitrogens is 3. The lowest BCUT2D eigenvalue weighted by atomic mass is 9.90. The number of piperidine rings is 1. The van der Waals surface area contributed by atoms with Crippen molar-refractivity contribution in [3.63, 3.8) is 0 Å². The van der Waals surface area contributed by atoms with Gasteiger partial charge in [-0.05, 0) is 74.7 Å². The van der Waals surface area contributed by atoms with Crippen LogP contribution in [0.25, 0.3) is 10.9 Å². The van der Waals surface area contributed by atoms with Crippen molar-refractivity contribution >= 4 is 22.4 Å². The first-order valence-electron chi connectivity index (χ1n) is 10.9. The number of rotatable bonds is 5. The second-order valence-electron chi connectivity index (χ2n) is 8.18. The first-order chi connectivity index (χ1) is 16.1. The van der Waals surface area contributed by atoms with Gasteiger partial charge in [0, 0.05) is 22.3 Å². The lowest BCUT2D eigenvalue weighted by Gasteiger charge is -2.23. The number of nitriles is 1. The number of aryl methyl sites for hydroxylation is 1. The SMILES string of the molecule is Cc1cc2c(F)c(Oc3ncnc(Nc4ccc(C5CCNCC5)cc4)c3C#N)ccc2[nH]1. The van der Waals surface area contributed by atoms with Crippen LogP contribution in [-0.4, -0.2) is 28.0 Å². The number of ether oxygens (including phenoxy) is 1. The highest BCUT2D eigenvalue weighted by Gasteiger charge is 2.18. The van der Waals surface area contributed by atoms with Gasteiger partial charge in [0.1, 0.15) is 12.4 Å². The zero-order chi connectivity index (χ0) is 22.8. The van der Waals surface area contributed by atoms with Gasteiger partial charge in [0.05, 0.1) is 0 Å². The van der Waals surface area contributed by atoms with E-state index in [0.29, 0.717) is 22.6 Å². The average molecular weight is 442 g/mol. The van der Waals surface area contributed by atoms with Gasteiger partial charge in [-0.25, -0.2) is 14.4 Å². The van der Waals surface area contributed by atoms with Gasteiger partial charge in [0.2, 0.25) is 5.88 Å². The Morgan fingerprint density at radius 3 is 2.67 bits per heavy atom. The van der Waals surface area contributed by atoms with Crippen molar-refractivity contribution in [1.29, 1.82) is 5.26 Å². The number of benzene rings is 2. The summed E-state index contributed by atoms with van der Waals surface area (Å²) in [5, 5.41) is 16.7. The fourth-order valence-electron chi connectivity index (χ4n) is 4.24. The molecule has 0 saturated carbocycles. The fraction of sp³-hybridized carbons (Fsp3) is 0.240. The third-order valence-electron chi connectivity index (χ3n) is 5.95. The van der Waals surface area contributed by atoms with E-state index in [1.165, 1.54) is 18.0 Å². The minimum absolute atomic E-state index is 0.00558. The molecule has 4 aromatic rings. The molecule has 1 aliphatic rings. The molecule has 33 heavy (non-hydrogen) atoms. The van der Waals surface area contributed by atoms with Crippen LogP contribution in [0.2, 0.25) is 0 Å². The highest BCUT2D eigenvalue weighted by atomic mass is 19.1. The van der Waals surface area contributed by atoms with Gasteiger partial charge in [-0.2, -0.15) is 5.26 Å². The molecule has 8 heteroatoms. The molecule has 0 unspecified atom stereocenters. The molecule has 1 aliphatic heterocycles. The number of hydrogen-bond acceptors (Lipinski definition) is 6. The number of hydrogen-bond donors (Lipinski definition) is 3. The Kier molecular flexibility index (Phi) is 5.63. The van der Waals surface area contributed by atoms with Gasteiger partial charge in [0.25, 0.3) is 0 Å². The van der Waals surface area contributed by atoms with Crippen molar-refractivity contribution < 1.29 is 9.13 Å². The third kappa shape index (κ3) is 4.23. The molecule has 0 amide bonds. The highest BCUT2D eigenvalue weighted by Crippen LogP contribution is 2.33. The van der Waals surface area contributed by atoms with Gasteiger partial charge < -0.3 is 20.4 Å². The standard InChI is InChI=1S/C25H23FN6O/c1-15-12-19-21(31-15)6-7-22(23(19)26)33-25-20(13-27)24(29-14-30-25)32-18-4-2-16(3-5-18)17-8-10-28-11-9-17/h2-7,12,14,17,28,31H,8-11H2,1H3,(H,29,30,32). The van der Waals surface area contributed by atoms with E-state index in [-0.39, 0.29) is 17.2 Å². The smallest absolute Gasteiger partial charge is 0.242 e. The summed E-state index contributed by atoms with van der Waals surface area (Å²) in [5.41, 5.74) is 3.73. The lowest BCUT2D eigenvalue weighted by Crippen LogP contribution is -2.26. The van der Waals surface area contributed by atoms with Crippen LogP contribution < -0.4 is 15.4 Å². The summed E-state index contributed by atoms with van der Waals surface area (Å²) >= 11 is 0. The number of nitrogens with one attached hydrogen (secondary N) is 3. The van der Waals surface area contributed by atoms with Gasteiger partial charge in [-0.3, -0.25) is 0 Å². The zero-order valence-corrected chi connectivity index (χ0v) is 18.2. The van der Waals surface area contributed by atoms with Crippen LogP contribution in [0, 0.1) is 24.1 Å². The summed E-state index contributed by atoms with van der Waals surface area (Å²) in [6, 6.07) is 15.2. The molecule has 2 aromatic heterocycles. The Hall–Kier alpha value is -3.96. The molecule has 0 atom stereocenters. The molecule has 2 aromatic carbocycles. The molecular formula is C25H23FN6O. The van der Waals surface area contributed by atoms with Crippen LogP contribution in [0.4, 0.5) is 15.9 Å². The Balaban J connectivity index is 1.39. The summed E-state index contributed by atoms with van der Waals surface area (Å²) in [7, 11) is 0. The van der Waals surface area contributed by atoms with Gasteiger partial charge in [0.15, 0.2) is 22.9 Å². The van der Waals surface area contributed by atoms with Crippen molar-refractivity contribution in [2.45, 2.75) is 25.7 Å². The average Bonchev–Trinajstić information content (AvgIpc) is 3.23. The minimum atomic E-state index is -0.512. The first kappa shape index (κ1) is 20.9. The maximum absolute atomic E-state index is 15.0. The predicted molar refractivity (Wildman–Crippen MR) is 124 cm³/mol. The second kappa shape index (κ2) is 8.88. The Labute approximate surface area is 190 Å². The van der Waals surface area contributed by atoms with E-state index in [1.54, 1.807) is 12.1 Å². The lowest BCUT2D eigenvalue weighted by molar-refractivity contribution is 0.428. The van der Waals surface area contributed by atoms with E-state index in [2.05, 4.69) is 43.8 Å². The topological polar surface area (TPSA) is 98.7 Å². The van der Waals surface area contributed by atoms with Crippen molar-refractivity contribution in [2.24, 2.45) is 0 Å². The molecule has 5 rings (SSSR count). The van der Waals surface area contributed by atoms with Crippen LogP contribution in [0.1, 0.15) is 35.6 Å². The molecule has 7 nitrogen and oxygen atoms in total. The highest BCUT2D eigenvalue weighted by molar-refractivity contribution is 5.83. The number of nitrogens with zero attached hydrogens (tertiary/aromatic N) is 3. The van der Waals surface area contributed by atoms with E-state index < -0.39 is 5.82 Å². The number of H-pyrrole nitrogens is 1. The van der Waals surface area contributed by atoms with E-state index in [4.69, 9.17) is 4.74 Å². The van der Waals surface area contributed by atoms with Gasteiger partial charge in [-0.1, -0.05) is 12.1 Å². The molecule has 1 saturated heterocycles. The molecule has 3 N–H and O–H groups in total. The number of anilines is 2. The van der Waals surface area contributed by atoms with E-state index in [0.717, 1.165) is 37.3 Å². The molecule has 166 valence electrons. The summed E-state index contributed by atoms with van der Waals surface area (Å²) in [6.07, 6.45) is 3.55. The van der Waals surface area contributed by atoms with Crippen LogP contribution >= 0.6 is 0 Å². The summed E-state index contributed by atoms with van der Waals surface area (Å²) < 4.78 is 20.7. The molecular weight excluding hydrogens is 419 g/mol. The Morgan fingerprint density at radius 2 is 1.91 bits per heavy atom. The Morgan fingerprint density at radius 1 is 1.12 bits per heavy atom. The van der Waals surface area contributed by atoms with Crippen LogP contribution in [0.15, 0.2) is 48.8 Å². The minimum Gasteiger partial charge on any atom is -0.434 e. The molecule has 0 spiro atoms. The second-order valence-corrected chi connectivity index (χ2v) is 8.18. The molecule has 0 aliphatic carbocycles. The van der Waals surface area contributed by atoms with Crippen molar-refractivity contribution in [3.8, 4) is 17.7 Å². The van der Waals surface area contributed by atoms with Crippen molar-refractivity contribution in [1.82, 2.24) is 20.3 Å². The monoisotopic (exact) mass is 442 g/mol. The molecule has 0 radical (unpaired) electrons. The van der Waals surface area contributed by atoms with Crippen LogP contribution in [0.5, 0.6) is 11.6 Å².